The van der Waals surface area contributed by atoms with Crippen molar-refractivity contribution in [3.63, 3.8) is 0 Å². The lowest BCUT2D eigenvalue weighted by molar-refractivity contribution is -0.0499. The smallest absolute Gasteiger partial charge is 0.387 e. The number of carbonyl (C=O) groups is 1. The maximum absolute atomic E-state index is 12.6. The number of benzene rings is 1. The molecule has 1 amide bonds. The zero-order valence-electron chi connectivity index (χ0n) is 12.3. The monoisotopic (exact) mass is 310 g/mol. The number of amides is 1. The van der Waals surface area contributed by atoms with Crippen LogP contribution in [0.3, 0.4) is 0 Å². The molecule has 4 nitrogen and oxygen atoms in total. The van der Waals surface area contributed by atoms with Crippen molar-refractivity contribution in [2.45, 2.75) is 19.5 Å². The van der Waals surface area contributed by atoms with E-state index in [4.69, 9.17) is 0 Å². The number of hydrogen-bond acceptors (Lipinski definition) is 3. The third kappa shape index (κ3) is 3.38. The first kappa shape index (κ1) is 15.2. The average Bonchev–Trinajstić information content (AvgIpc) is 2.85. The second kappa shape index (κ2) is 6.60. The number of alkyl halides is 2. The lowest BCUT2D eigenvalue weighted by atomic mass is 9.92. The Labute approximate surface area is 128 Å². The van der Waals surface area contributed by atoms with E-state index in [-0.39, 0.29) is 11.7 Å². The number of rotatable bonds is 3. The highest BCUT2D eigenvalue weighted by Crippen LogP contribution is 2.28. The van der Waals surface area contributed by atoms with E-state index in [1.165, 1.54) is 12.1 Å². The highest BCUT2D eigenvalue weighted by Gasteiger charge is 2.31. The van der Waals surface area contributed by atoms with Gasteiger partial charge in [-0.3, -0.25) is 4.79 Å². The van der Waals surface area contributed by atoms with Gasteiger partial charge in [0.1, 0.15) is 5.75 Å². The Morgan fingerprint density at radius 1 is 1.23 bits per heavy atom. The number of halogens is 2. The summed E-state index contributed by atoms with van der Waals surface area (Å²) < 4.78 is 28.9. The van der Waals surface area contributed by atoms with Crippen molar-refractivity contribution in [1.82, 2.24) is 10.2 Å². The van der Waals surface area contributed by atoms with Crippen LogP contribution in [0.15, 0.2) is 24.3 Å². The fourth-order valence-corrected chi connectivity index (χ4v) is 3.41. The summed E-state index contributed by atoms with van der Waals surface area (Å²) in [5.41, 5.74) is 0.406. The molecule has 2 aliphatic heterocycles. The number of nitrogens with zero attached hydrogens (tertiary/aromatic N) is 1. The number of likely N-dealkylation sites (tertiary alicyclic amines) is 1. The maximum Gasteiger partial charge on any atom is 0.387 e. The number of nitrogens with one attached hydrogen (secondary N) is 1. The van der Waals surface area contributed by atoms with Crippen molar-refractivity contribution in [3.8, 4) is 5.75 Å². The van der Waals surface area contributed by atoms with Gasteiger partial charge in [0.05, 0.1) is 0 Å². The summed E-state index contributed by atoms with van der Waals surface area (Å²) in [7, 11) is 0. The Bertz CT molecular complexity index is 525. The molecule has 120 valence electrons. The van der Waals surface area contributed by atoms with Crippen LogP contribution in [0.1, 0.15) is 23.2 Å². The summed E-state index contributed by atoms with van der Waals surface area (Å²) in [4.78, 5) is 14.4. The van der Waals surface area contributed by atoms with E-state index < -0.39 is 6.61 Å². The van der Waals surface area contributed by atoms with Crippen LogP contribution in [0, 0.1) is 11.8 Å². The molecule has 1 aromatic rings. The van der Waals surface area contributed by atoms with Crippen LogP contribution in [-0.2, 0) is 0 Å². The minimum atomic E-state index is -2.88. The first-order valence-electron chi connectivity index (χ1n) is 7.68. The van der Waals surface area contributed by atoms with E-state index in [1.54, 1.807) is 12.1 Å². The van der Waals surface area contributed by atoms with Gasteiger partial charge in [-0.25, -0.2) is 0 Å². The number of hydrogen-bond donors (Lipinski definition) is 1. The summed E-state index contributed by atoms with van der Waals surface area (Å²) in [5.74, 6) is 1.21. The standard InChI is InChI=1S/C16H20F2N2O2/c17-16(18)22-14-3-1-2-11(8-14)15(21)20-6-4-12-9-19-10-13(12)5-7-20/h1-3,8,12-13,16,19H,4-7,9-10H2/t12-,13+. The molecule has 0 bridgehead atoms. The van der Waals surface area contributed by atoms with E-state index >= 15 is 0 Å². The third-order valence-corrected chi connectivity index (χ3v) is 4.61. The van der Waals surface area contributed by atoms with Crippen molar-refractivity contribution < 1.29 is 18.3 Å². The topological polar surface area (TPSA) is 41.6 Å². The quantitative estimate of drug-likeness (QED) is 0.932. The molecule has 0 saturated carbocycles. The zero-order valence-corrected chi connectivity index (χ0v) is 12.3. The van der Waals surface area contributed by atoms with Crippen LogP contribution in [0.25, 0.3) is 0 Å². The predicted octanol–water partition coefficient (Wildman–Crippen LogP) is 2.36. The van der Waals surface area contributed by atoms with Gasteiger partial charge in [0, 0.05) is 18.7 Å². The van der Waals surface area contributed by atoms with Gasteiger partial charge in [0.15, 0.2) is 0 Å². The average molecular weight is 310 g/mol. The van der Waals surface area contributed by atoms with Gasteiger partial charge in [-0.05, 0) is 56.0 Å². The highest BCUT2D eigenvalue weighted by molar-refractivity contribution is 5.94. The molecule has 0 spiro atoms. The highest BCUT2D eigenvalue weighted by atomic mass is 19.3. The molecule has 1 N–H and O–H groups in total. The molecule has 1 aromatic carbocycles. The molecular formula is C16H20F2N2O2. The Hall–Kier alpha value is -1.69. The van der Waals surface area contributed by atoms with Gasteiger partial charge in [0.2, 0.25) is 0 Å². The van der Waals surface area contributed by atoms with Crippen molar-refractivity contribution >= 4 is 5.91 Å². The van der Waals surface area contributed by atoms with Gasteiger partial charge in [-0.15, -0.1) is 0 Å². The summed E-state index contributed by atoms with van der Waals surface area (Å²) in [6.07, 6.45) is 1.99. The fraction of sp³-hybridized carbons (Fsp3) is 0.562. The molecule has 2 fully saturated rings. The maximum atomic E-state index is 12.6. The Morgan fingerprint density at radius 2 is 1.91 bits per heavy atom. The summed E-state index contributed by atoms with van der Waals surface area (Å²) >= 11 is 0. The minimum absolute atomic E-state index is 0.0248. The Morgan fingerprint density at radius 3 is 2.55 bits per heavy atom. The van der Waals surface area contributed by atoms with Crippen LogP contribution in [0.5, 0.6) is 5.75 Å². The molecule has 2 aliphatic rings. The first-order chi connectivity index (χ1) is 10.6. The van der Waals surface area contributed by atoms with E-state index in [9.17, 15) is 13.6 Å². The number of carbonyl (C=O) groups excluding carboxylic acids is 1. The summed E-state index contributed by atoms with van der Waals surface area (Å²) in [6, 6.07) is 6.04. The second-order valence-electron chi connectivity index (χ2n) is 5.95. The minimum Gasteiger partial charge on any atom is -0.435 e. The zero-order chi connectivity index (χ0) is 15.5. The summed E-state index contributed by atoms with van der Waals surface area (Å²) in [6.45, 7) is 0.633. The van der Waals surface area contributed by atoms with Crippen LogP contribution in [-0.4, -0.2) is 43.6 Å². The molecule has 0 aliphatic carbocycles. The molecule has 2 atom stereocenters. The van der Waals surface area contributed by atoms with Gasteiger partial charge in [-0.2, -0.15) is 8.78 Å². The van der Waals surface area contributed by atoms with Gasteiger partial charge < -0.3 is 15.0 Å². The Balaban J connectivity index is 1.68. The van der Waals surface area contributed by atoms with Gasteiger partial charge >= 0.3 is 6.61 Å². The van der Waals surface area contributed by atoms with E-state index in [2.05, 4.69) is 10.1 Å². The molecule has 0 unspecified atom stereocenters. The molecule has 0 radical (unpaired) electrons. The van der Waals surface area contributed by atoms with Gasteiger partial charge in [-0.1, -0.05) is 6.07 Å². The lowest BCUT2D eigenvalue weighted by Crippen LogP contribution is -2.32. The van der Waals surface area contributed by atoms with Crippen LogP contribution in [0.2, 0.25) is 0 Å². The van der Waals surface area contributed by atoms with Crippen molar-refractivity contribution in [2.75, 3.05) is 26.2 Å². The molecule has 2 heterocycles. The van der Waals surface area contributed by atoms with E-state index in [0.717, 1.165) is 39.0 Å². The van der Waals surface area contributed by atoms with Crippen molar-refractivity contribution in [2.24, 2.45) is 11.8 Å². The predicted molar refractivity (Wildman–Crippen MR) is 78.1 cm³/mol. The largest absolute Gasteiger partial charge is 0.435 e. The van der Waals surface area contributed by atoms with Crippen molar-refractivity contribution in [1.29, 1.82) is 0 Å². The van der Waals surface area contributed by atoms with Crippen LogP contribution >= 0.6 is 0 Å². The Kier molecular flexibility index (Phi) is 4.57. The molecule has 0 aromatic heterocycles. The molecule has 3 rings (SSSR count). The second-order valence-corrected chi connectivity index (χ2v) is 5.95. The van der Waals surface area contributed by atoms with Crippen LogP contribution < -0.4 is 10.1 Å². The molecule has 6 heteroatoms. The number of ether oxygens (including phenoxy) is 1. The third-order valence-electron chi connectivity index (χ3n) is 4.61. The molecular weight excluding hydrogens is 290 g/mol. The normalized spacial score (nSPS) is 25.0. The molecule has 2 saturated heterocycles. The molecule has 22 heavy (non-hydrogen) atoms. The van der Waals surface area contributed by atoms with Crippen LogP contribution in [0.4, 0.5) is 8.78 Å². The van der Waals surface area contributed by atoms with Crippen molar-refractivity contribution in [3.05, 3.63) is 29.8 Å². The SMILES string of the molecule is O=C(c1cccc(OC(F)F)c1)N1CC[C@@H]2CNC[C@@H]2CC1. The number of fused-ring (bicyclic) bond motifs is 1. The summed E-state index contributed by atoms with van der Waals surface area (Å²) in [5, 5.41) is 3.40. The first-order valence-corrected chi connectivity index (χ1v) is 7.68. The lowest BCUT2D eigenvalue weighted by Gasteiger charge is -2.21. The van der Waals surface area contributed by atoms with Gasteiger partial charge in [0.25, 0.3) is 5.91 Å². The van der Waals surface area contributed by atoms with E-state index in [0.29, 0.717) is 17.4 Å². The van der Waals surface area contributed by atoms with E-state index in [1.807, 2.05) is 4.90 Å². The fourth-order valence-electron chi connectivity index (χ4n) is 3.41.